The van der Waals surface area contributed by atoms with Crippen LogP contribution >= 0.6 is 11.8 Å². The zero-order chi connectivity index (χ0) is 19.6. The molecule has 0 atom stereocenters. The fourth-order valence-electron chi connectivity index (χ4n) is 2.58. The third-order valence-electron chi connectivity index (χ3n) is 3.84. The van der Waals surface area contributed by atoms with Crippen LogP contribution in [0.1, 0.15) is 19.4 Å². The average Bonchev–Trinajstić information content (AvgIpc) is 2.62. The lowest BCUT2D eigenvalue weighted by Crippen LogP contribution is -2.23. The minimum absolute atomic E-state index is 0.00267. The fourth-order valence-corrected chi connectivity index (χ4v) is 3.37. The largest absolute Gasteiger partial charge is 0.462 e. The molecule has 0 fully saturated rings. The van der Waals surface area contributed by atoms with Crippen molar-refractivity contribution in [3.8, 4) is 5.69 Å². The van der Waals surface area contributed by atoms with E-state index in [1.54, 1.807) is 57.2 Å². The molecule has 1 heterocycles. The van der Waals surface area contributed by atoms with Crippen molar-refractivity contribution in [1.29, 1.82) is 0 Å². The van der Waals surface area contributed by atoms with Crippen LogP contribution in [0.5, 0.6) is 0 Å². The number of para-hydroxylation sites is 1. The molecule has 3 aromatic rings. The molecule has 0 aliphatic carbocycles. The van der Waals surface area contributed by atoms with E-state index in [0.29, 0.717) is 27.3 Å². The fraction of sp³-hybridized carbons (Fsp3) is 0.250. The molecular formula is C20H19FN2O3S. The van der Waals surface area contributed by atoms with Crippen LogP contribution in [-0.2, 0) is 9.53 Å². The maximum Gasteiger partial charge on any atom is 0.316 e. The Kier molecular flexibility index (Phi) is 5.60. The summed E-state index contributed by atoms with van der Waals surface area (Å²) in [5.74, 6) is -0.820. The number of thioether (sulfide) groups is 1. The summed E-state index contributed by atoms with van der Waals surface area (Å²) in [6.07, 6.45) is -0.226. The molecule has 5 nitrogen and oxygen atoms in total. The predicted octanol–water partition coefficient (Wildman–Crippen LogP) is 3.88. The molecule has 0 bridgehead atoms. The Labute approximate surface area is 160 Å². The lowest BCUT2D eigenvalue weighted by molar-refractivity contribution is -0.144. The molecule has 0 aliphatic heterocycles. The number of rotatable bonds is 5. The van der Waals surface area contributed by atoms with Crippen LogP contribution in [-0.4, -0.2) is 27.4 Å². The number of benzene rings is 2. The first-order valence-electron chi connectivity index (χ1n) is 8.47. The quantitative estimate of drug-likeness (QED) is 0.378. The first-order chi connectivity index (χ1) is 12.9. The maximum atomic E-state index is 14.1. The van der Waals surface area contributed by atoms with Gasteiger partial charge in [-0.25, -0.2) is 9.37 Å². The van der Waals surface area contributed by atoms with Crippen LogP contribution in [0.4, 0.5) is 4.39 Å². The number of aromatic nitrogens is 2. The predicted molar refractivity (Wildman–Crippen MR) is 104 cm³/mol. The highest BCUT2D eigenvalue weighted by Gasteiger charge is 2.16. The lowest BCUT2D eigenvalue weighted by atomic mass is 10.2. The summed E-state index contributed by atoms with van der Waals surface area (Å²) < 4.78 is 20.5. The van der Waals surface area contributed by atoms with Gasteiger partial charge in [0.15, 0.2) is 5.16 Å². The normalized spacial score (nSPS) is 11.1. The maximum absolute atomic E-state index is 14.1. The molecule has 1 aromatic heterocycles. The van der Waals surface area contributed by atoms with Crippen molar-refractivity contribution >= 4 is 28.6 Å². The molecule has 0 amide bonds. The van der Waals surface area contributed by atoms with Gasteiger partial charge < -0.3 is 4.74 Å². The topological polar surface area (TPSA) is 61.2 Å². The summed E-state index contributed by atoms with van der Waals surface area (Å²) in [5.41, 5.74) is 1.05. The zero-order valence-electron chi connectivity index (χ0n) is 15.2. The molecule has 0 N–H and O–H groups in total. The molecular weight excluding hydrogens is 367 g/mol. The third kappa shape index (κ3) is 4.19. The molecule has 0 spiro atoms. The monoisotopic (exact) mass is 386 g/mol. The summed E-state index contributed by atoms with van der Waals surface area (Å²) >= 11 is 1.09. The van der Waals surface area contributed by atoms with Gasteiger partial charge >= 0.3 is 5.97 Å². The van der Waals surface area contributed by atoms with Gasteiger partial charge in [0.2, 0.25) is 0 Å². The van der Waals surface area contributed by atoms with Gasteiger partial charge in [-0.2, -0.15) is 0 Å². The summed E-state index contributed by atoms with van der Waals surface area (Å²) in [6.45, 7) is 5.18. The summed E-state index contributed by atoms with van der Waals surface area (Å²) in [7, 11) is 0. The average molecular weight is 386 g/mol. The number of aryl methyl sites for hydroxylation is 1. The van der Waals surface area contributed by atoms with Crippen LogP contribution in [0.3, 0.4) is 0 Å². The van der Waals surface area contributed by atoms with Crippen LogP contribution in [0, 0.1) is 12.7 Å². The highest BCUT2D eigenvalue weighted by atomic mass is 32.2. The van der Waals surface area contributed by atoms with Crippen molar-refractivity contribution in [1.82, 2.24) is 9.55 Å². The highest BCUT2D eigenvalue weighted by molar-refractivity contribution is 7.99. The number of halogens is 1. The van der Waals surface area contributed by atoms with E-state index >= 15 is 0 Å². The Bertz CT molecular complexity index is 1060. The molecule has 0 saturated heterocycles. The van der Waals surface area contributed by atoms with Crippen molar-refractivity contribution in [3.05, 3.63) is 64.2 Å². The molecule has 0 aliphatic rings. The van der Waals surface area contributed by atoms with E-state index < -0.39 is 11.8 Å². The molecule has 0 radical (unpaired) electrons. The number of nitrogens with zero attached hydrogens (tertiary/aromatic N) is 2. The number of ether oxygens (including phenoxy) is 1. The molecule has 2 aromatic carbocycles. The summed E-state index contributed by atoms with van der Waals surface area (Å²) in [5, 5.41) is 0.732. The number of hydrogen-bond acceptors (Lipinski definition) is 5. The Morgan fingerprint density at radius 1 is 1.26 bits per heavy atom. The Morgan fingerprint density at radius 3 is 2.70 bits per heavy atom. The van der Waals surface area contributed by atoms with E-state index in [1.807, 2.05) is 0 Å². The van der Waals surface area contributed by atoms with Gasteiger partial charge in [0.25, 0.3) is 5.56 Å². The van der Waals surface area contributed by atoms with Gasteiger partial charge in [-0.05, 0) is 50.6 Å². The van der Waals surface area contributed by atoms with E-state index in [2.05, 4.69) is 4.98 Å². The molecule has 27 heavy (non-hydrogen) atoms. The van der Waals surface area contributed by atoms with Crippen molar-refractivity contribution in [3.63, 3.8) is 0 Å². The lowest BCUT2D eigenvalue weighted by Gasteiger charge is -2.14. The van der Waals surface area contributed by atoms with Gasteiger partial charge in [0.05, 0.1) is 28.4 Å². The van der Waals surface area contributed by atoms with E-state index in [9.17, 15) is 14.0 Å². The molecule has 140 valence electrons. The third-order valence-corrected chi connectivity index (χ3v) is 4.76. The van der Waals surface area contributed by atoms with Crippen molar-refractivity contribution in [2.45, 2.75) is 32.0 Å². The van der Waals surface area contributed by atoms with Gasteiger partial charge in [-0.3, -0.25) is 14.2 Å². The van der Waals surface area contributed by atoms with Crippen LogP contribution in [0.15, 0.2) is 52.4 Å². The van der Waals surface area contributed by atoms with Crippen LogP contribution in [0.25, 0.3) is 16.6 Å². The summed E-state index contributed by atoms with van der Waals surface area (Å²) in [6, 6.07) is 11.5. The zero-order valence-corrected chi connectivity index (χ0v) is 16.0. The Morgan fingerprint density at radius 2 is 2.00 bits per heavy atom. The second kappa shape index (κ2) is 7.92. The molecule has 3 rings (SSSR count). The Balaban J connectivity index is 2.11. The SMILES string of the molecule is Cc1ccc(-n2c(SCC(=O)OC(C)C)nc3ccccc3c2=O)cc1F. The number of hydrogen-bond donors (Lipinski definition) is 0. The van der Waals surface area contributed by atoms with Gasteiger partial charge in [0.1, 0.15) is 5.82 Å². The molecule has 7 heteroatoms. The van der Waals surface area contributed by atoms with Crippen molar-refractivity contribution in [2.75, 3.05) is 5.75 Å². The number of carbonyl (C=O) groups is 1. The minimum atomic E-state index is -0.414. The number of carbonyl (C=O) groups excluding carboxylic acids is 1. The minimum Gasteiger partial charge on any atom is -0.462 e. The van der Waals surface area contributed by atoms with Crippen molar-refractivity contribution < 1.29 is 13.9 Å². The Hall–Kier alpha value is -2.67. The van der Waals surface area contributed by atoms with Gasteiger partial charge in [-0.1, -0.05) is 30.0 Å². The number of fused-ring (bicyclic) bond motifs is 1. The molecule has 0 unspecified atom stereocenters. The van der Waals surface area contributed by atoms with E-state index in [-0.39, 0.29) is 17.4 Å². The van der Waals surface area contributed by atoms with Gasteiger partial charge in [0, 0.05) is 0 Å². The first-order valence-corrected chi connectivity index (χ1v) is 9.46. The van der Waals surface area contributed by atoms with E-state index in [0.717, 1.165) is 11.8 Å². The standard InChI is InChI=1S/C20H19FN2O3S/c1-12(2)26-18(24)11-27-20-22-17-7-5-4-6-15(17)19(25)23(20)14-9-8-13(3)16(21)10-14/h4-10,12H,11H2,1-3H3. The smallest absolute Gasteiger partial charge is 0.316 e. The van der Waals surface area contributed by atoms with Gasteiger partial charge in [-0.15, -0.1) is 0 Å². The summed E-state index contributed by atoms with van der Waals surface area (Å²) in [4.78, 5) is 29.5. The van der Waals surface area contributed by atoms with Crippen LogP contribution in [0.2, 0.25) is 0 Å². The first kappa shape index (κ1) is 19.1. The highest BCUT2D eigenvalue weighted by Crippen LogP contribution is 2.22. The second-order valence-corrected chi connectivity index (χ2v) is 7.26. The van der Waals surface area contributed by atoms with Crippen LogP contribution < -0.4 is 5.56 Å². The number of esters is 1. The van der Waals surface area contributed by atoms with Crippen molar-refractivity contribution in [2.24, 2.45) is 0 Å². The van der Waals surface area contributed by atoms with E-state index in [4.69, 9.17) is 4.74 Å². The van der Waals surface area contributed by atoms with E-state index in [1.165, 1.54) is 10.6 Å². The molecule has 0 saturated carbocycles. The second-order valence-electron chi connectivity index (χ2n) is 6.31.